The summed E-state index contributed by atoms with van der Waals surface area (Å²) in [5, 5.41) is 15.2. The molecule has 2 N–H and O–H groups in total. The normalized spacial score (nSPS) is 11.2. The maximum atomic E-state index is 5.90. The number of rotatable bonds is 5. The monoisotopic (exact) mass is 367 g/mol. The fraction of sp³-hybridized carbons (Fsp3) is 0.250. The first kappa shape index (κ1) is 18.1. The molecule has 134 valence electrons. The summed E-state index contributed by atoms with van der Waals surface area (Å²) in [5.41, 5.74) is 3.44. The third kappa shape index (κ3) is 4.92. The summed E-state index contributed by atoms with van der Waals surface area (Å²) in [6, 6.07) is 15.9. The van der Waals surface area contributed by atoms with Gasteiger partial charge in [0.05, 0.1) is 6.20 Å². The highest BCUT2D eigenvalue weighted by Gasteiger charge is 2.13. The van der Waals surface area contributed by atoms with Gasteiger partial charge in [0.25, 0.3) is 0 Å². The van der Waals surface area contributed by atoms with Gasteiger partial charge in [-0.1, -0.05) is 56.6 Å². The average Bonchev–Trinajstić information content (AvgIpc) is 2.61. The molecule has 2 aromatic carbocycles. The predicted octanol–water partition coefficient (Wildman–Crippen LogP) is 5.18. The van der Waals surface area contributed by atoms with Crippen molar-refractivity contribution in [1.29, 1.82) is 0 Å². The van der Waals surface area contributed by atoms with Crippen LogP contribution in [0.1, 0.15) is 31.9 Å². The number of nitrogens with zero attached hydrogens (tertiary/aromatic N) is 3. The Bertz CT molecular complexity index is 855. The first-order valence-electron chi connectivity index (χ1n) is 8.46. The van der Waals surface area contributed by atoms with Gasteiger partial charge in [0.1, 0.15) is 0 Å². The molecule has 3 aromatic rings. The highest BCUT2D eigenvalue weighted by Crippen LogP contribution is 2.24. The van der Waals surface area contributed by atoms with Crippen LogP contribution < -0.4 is 10.6 Å². The summed E-state index contributed by atoms with van der Waals surface area (Å²) in [6.45, 7) is 7.21. The van der Waals surface area contributed by atoms with Gasteiger partial charge in [-0.15, -0.1) is 5.10 Å². The van der Waals surface area contributed by atoms with Crippen LogP contribution in [0.2, 0.25) is 5.02 Å². The molecular formula is C20H22ClN5. The zero-order valence-corrected chi connectivity index (χ0v) is 15.9. The number of nitrogens with one attached hydrogen (secondary N) is 2. The van der Waals surface area contributed by atoms with E-state index in [1.54, 1.807) is 6.20 Å². The van der Waals surface area contributed by atoms with Crippen molar-refractivity contribution in [3.05, 3.63) is 70.9 Å². The highest BCUT2D eigenvalue weighted by atomic mass is 35.5. The number of aromatic nitrogens is 3. The van der Waals surface area contributed by atoms with E-state index in [1.807, 2.05) is 36.4 Å². The van der Waals surface area contributed by atoms with Gasteiger partial charge in [-0.05, 0) is 40.8 Å². The first-order chi connectivity index (χ1) is 12.4. The van der Waals surface area contributed by atoms with E-state index in [1.165, 1.54) is 5.56 Å². The molecular weight excluding hydrogens is 346 g/mol. The predicted molar refractivity (Wildman–Crippen MR) is 107 cm³/mol. The molecule has 1 heterocycles. The molecule has 0 radical (unpaired) electrons. The van der Waals surface area contributed by atoms with E-state index < -0.39 is 0 Å². The molecule has 26 heavy (non-hydrogen) atoms. The lowest BCUT2D eigenvalue weighted by molar-refractivity contribution is 0.590. The van der Waals surface area contributed by atoms with E-state index in [0.717, 1.165) is 16.3 Å². The van der Waals surface area contributed by atoms with Crippen LogP contribution in [0.15, 0.2) is 54.7 Å². The summed E-state index contributed by atoms with van der Waals surface area (Å²) in [7, 11) is 0. The van der Waals surface area contributed by atoms with Gasteiger partial charge in [-0.3, -0.25) is 0 Å². The number of anilines is 3. The van der Waals surface area contributed by atoms with E-state index in [2.05, 4.69) is 58.7 Å². The molecule has 6 heteroatoms. The number of halogens is 1. The van der Waals surface area contributed by atoms with Crippen LogP contribution in [0.25, 0.3) is 0 Å². The van der Waals surface area contributed by atoms with Crippen molar-refractivity contribution in [3.8, 4) is 0 Å². The second-order valence-electron chi connectivity index (χ2n) is 7.10. The quantitative estimate of drug-likeness (QED) is 0.650. The molecule has 0 spiro atoms. The van der Waals surface area contributed by atoms with E-state index in [4.69, 9.17) is 11.6 Å². The van der Waals surface area contributed by atoms with Crippen LogP contribution in [-0.4, -0.2) is 15.2 Å². The van der Waals surface area contributed by atoms with Crippen molar-refractivity contribution < 1.29 is 0 Å². The van der Waals surface area contributed by atoms with Crippen LogP contribution >= 0.6 is 11.6 Å². The third-order valence-corrected chi connectivity index (χ3v) is 4.20. The minimum Gasteiger partial charge on any atom is -0.365 e. The summed E-state index contributed by atoms with van der Waals surface area (Å²) in [5.74, 6) is 1.11. The Labute approximate surface area is 158 Å². The Balaban J connectivity index is 1.64. The maximum Gasteiger partial charge on any atom is 0.249 e. The van der Waals surface area contributed by atoms with Crippen molar-refractivity contribution in [2.24, 2.45) is 0 Å². The fourth-order valence-corrected chi connectivity index (χ4v) is 2.55. The van der Waals surface area contributed by atoms with E-state index in [0.29, 0.717) is 18.3 Å². The molecule has 0 unspecified atom stereocenters. The Morgan fingerprint density at radius 2 is 1.65 bits per heavy atom. The molecule has 0 bridgehead atoms. The third-order valence-electron chi connectivity index (χ3n) is 3.95. The lowest BCUT2D eigenvalue weighted by atomic mass is 9.87. The maximum absolute atomic E-state index is 5.90. The van der Waals surface area contributed by atoms with Crippen molar-refractivity contribution in [2.75, 3.05) is 10.6 Å². The number of hydrogen-bond donors (Lipinski definition) is 2. The van der Waals surface area contributed by atoms with Gasteiger partial charge in [0, 0.05) is 17.3 Å². The van der Waals surface area contributed by atoms with E-state index in [9.17, 15) is 0 Å². The smallest absolute Gasteiger partial charge is 0.249 e. The minimum absolute atomic E-state index is 0.127. The van der Waals surface area contributed by atoms with Gasteiger partial charge >= 0.3 is 0 Å². The molecule has 3 rings (SSSR count). The summed E-state index contributed by atoms with van der Waals surface area (Å²) >= 11 is 5.90. The topological polar surface area (TPSA) is 62.7 Å². The second kappa shape index (κ2) is 7.70. The van der Waals surface area contributed by atoms with E-state index in [-0.39, 0.29) is 5.41 Å². The lowest BCUT2D eigenvalue weighted by Gasteiger charge is -2.19. The number of hydrogen-bond acceptors (Lipinski definition) is 5. The summed E-state index contributed by atoms with van der Waals surface area (Å²) in [4.78, 5) is 4.45. The molecule has 5 nitrogen and oxygen atoms in total. The van der Waals surface area contributed by atoms with Crippen LogP contribution in [-0.2, 0) is 12.0 Å². The molecule has 0 saturated carbocycles. The SMILES string of the molecule is CC(C)(C)c1ccc(Nc2nncc(NCc3ccc(Cl)cc3)n2)cc1. The Morgan fingerprint density at radius 3 is 2.31 bits per heavy atom. The Morgan fingerprint density at radius 1 is 0.962 bits per heavy atom. The molecule has 0 aliphatic carbocycles. The van der Waals surface area contributed by atoms with Crippen molar-refractivity contribution in [2.45, 2.75) is 32.7 Å². The zero-order chi connectivity index (χ0) is 18.6. The number of benzene rings is 2. The van der Waals surface area contributed by atoms with Crippen molar-refractivity contribution in [3.63, 3.8) is 0 Å². The molecule has 0 atom stereocenters. The Kier molecular flexibility index (Phi) is 5.38. The average molecular weight is 368 g/mol. The molecule has 0 aliphatic rings. The standard InChI is InChI=1S/C20H22ClN5/c1-20(2,3)15-6-10-17(11-7-15)24-19-25-18(13-23-26-19)22-12-14-4-8-16(21)9-5-14/h4-11,13H,12H2,1-3H3,(H2,22,24,25,26). The van der Waals surface area contributed by atoms with Gasteiger partial charge in [-0.2, -0.15) is 10.1 Å². The lowest BCUT2D eigenvalue weighted by Crippen LogP contribution is -2.10. The first-order valence-corrected chi connectivity index (χ1v) is 8.83. The summed E-state index contributed by atoms with van der Waals surface area (Å²) < 4.78 is 0. The van der Waals surface area contributed by atoms with Crippen molar-refractivity contribution >= 4 is 29.1 Å². The zero-order valence-electron chi connectivity index (χ0n) is 15.1. The van der Waals surface area contributed by atoms with Crippen LogP contribution in [0, 0.1) is 0 Å². The van der Waals surface area contributed by atoms with Crippen LogP contribution in [0.3, 0.4) is 0 Å². The molecule has 0 fully saturated rings. The van der Waals surface area contributed by atoms with Crippen molar-refractivity contribution in [1.82, 2.24) is 15.2 Å². The second-order valence-corrected chi connectivity index (χ2v) is 7.53. The van der Waals surface area contributed by atoms with Gasteiger partial charge in [0.15, 0.2) is 5.82 Å². The minimum atomic E-state index is 0.127. The molecule has 0 amide bonds. The molecule has 0 saturated heterocycles. The summed E-state index contributed by atoms with van der Waals surface area (Å²) in [6.07, 6.45) is 1.60. The van der Waals surface area contributed by atoms with Crippen LogP contribution in [0.5, 0.6) is 0 Å². The van der Waals surface area contributed by atoms with Gasteiger partial charge in [-0.25, -0.2) is 0 Å². The van der Waals surface area contributed by atoms with E-state index >= 15 is 0 Å². The Hall–Kier alpha value is -2.66. The largest absolute Gasteiger partial charge is 0.365 e. The molecule has 1 aromatic heterocycles. The van der Waals surface area contributed by atoms with Crippen LogP contribution in [0.4, 0.5) is 17.5 Å². The van der Waals surface area contributed by atoms with Gasteiger partial charge in [0.2, 0.25) is 5.95 Å². The molecule has 0 aliphatic heterocycles. The van der Waals surface area contributed by atoms with Gasteiger partial charge < -0.3 is 10.6 Å². The fourth-order valence-electron chi connectivity index (χ4n) is 2.42. The highest BCUT2D eigenvalue weighted by molar-refractivity contribution is 6.30.